The van der Waals surface area contributed by atoms with Gasteiger partial charge in [-0.15, -0.1) is 0 Å². The third-order valence-electron chi connectivity index (χ3n) is 3.47. The molecule has 1 aromatic rings. The van der Waals surface area contributed by atoms with E-state index in [1.165, 1.54) is 0 Å². The van der Waals surface area contributed by atoms with Gasteiger partial charge in [-0.25, -0.2) is 0 Å². The van der Waals surface area contributed by atoms with Gasteiger partial charge in [-0.05, 0) is 38.4 Å². The molecule has 0 atom stereocenters. The highest BCUT2D eigenvalue weighted by molar-refractivity contribution is 5.92. The second kappa shape index (κ2) is 7.31. The summed E-state index contributed by atoms with van der Waals surface area (Å²) < 4.78 is 5.82. The third-order valence-corrected chi connectivity index (χ3v) is 3.47. The van der Waals surface area contributed by atoms with Crippen LogP contribution in [-0.2, 0) is 4.74 Å². The number of nitrogens with zero attached hydrogens (tertiary/aromatic N) is 1. The van der Waals surface area contributed by atoms with Crippen molar-refractivity contribution in [3.05, 3.63) is 24.0 Å². The van der Waals surface area contributed by atoms with Crippen molar-refractivity contribution in [3.8, 4) is 0 Å². The first kappa shape index (κ1) is 14.1. The highest BCUT2D eigenvalue weighted by Crippen LogP contribution is 2.11. The summed E-state index contributed by atoms with van der Waals surface area (Å²) in [7, 11) is 2.15. The number of carbonyl (C=O) groups is 1. The Bertz CT molecular complexity index is 370. The van der Waals surface area contributed by atoms with E-state index in [2.05, 4.69) is 22.2 Å². The van der Waals surface area contributed by atoms with Crippen LogP contribution in [-0.4, -0.2) is 55.2 Å². The van der Waals surface area contributed by atoms with Gasteiger partial charge in [0.2, 0.25) is 0 Å². The van der Waals surface area contributed by atoms with Crippen molar-refractivity contribution in [2.45, 2.75) is 25.4 Å². The van der Waals surface area contributed by atoms with Crippen LogP contribution in [0.4, 0.5) is 0 Å². The zero-order valence-corrected chi connectivity index (χ0v) is 11.5. The lowest BCUT2D eigenvalue weighted by atomic mass is 10.1. The monoisotopic (exact) mass is 265 g/mol. The average molecular weight is 265 g/mol. The van der Waals surface area contributed by atoms with Crippen LogP contribution in [0.2, 0.25) is 0 Å². The van der Waals surface area contributed by atoms with Crippen molar-refractivity contribution in [3.63, 3.8) is 0 Å². The summed E-state index contributed by atoms with van der Waals surface area (Å²) in [4.78, 5) is 16.8. The number of aromatic nitrogens is 1. The number of rotatable bonds is 6. The minimum Gasteiger partial charge on any atom is -0.378 e. The van der Waals surface area contributed by atoms with Crippen molar-refractivity contribution in [2.24, 2.45) is 0 Å². The SMILES string of the molecule is CN1CCC(OCCCNC(=O)c2ccc[nH]2)CC1. The first-order valence-electron chi connectivity index (χ1n) is 6.97. The number of carbonyl (C=O) groups excluding carboxylic acids is 1. The number of nitrogens with one attached hydrogen (secondary N) is 2. The molecular weight excluding hydrogens is 242 g/mol. The van der Waals surface area contributed by atoms with E-state index in [1.54, 1.807) is 12.3 Å². The number of piperidine rings is 1. The van der Waals surface area contributed by atoms with E-state index in [-0.39, 0.29) is 5.91 Å². The van der Waals surface area contributed by atoms with E-state index in [1.807, 2.05) is 6.07 Å². The number of amides is 1. The molecule has 2 rings (SSSR count). The largest absolute Gasteiger partial charge is 0.378 e. The molecule has 0 radical (unpaired) electrons. The van der Waals surface area contributed by atoms with Crippen LogP contribution in [0.5, 0.6) is 0 Å². The highest BCUT2D eigenvalue weighted by Gasteiger charge is 2.16. The Morgan fingerprint density at radius 2 is 2.32 bits per heavy atom. The predicted molar refractivity (Wildman–Crippen MR) is 74.2 cm³/mol. The lowest BCUT2D eigenvalue weighted by molar-refractivity contribution is 0.0117. The molecular formula is C14H23N3O2. The van der Waals surface area contributed by atoms with Gasteiger partial charge < -0.3 is 19.9 Å². The molecule has 1 amide bonds. The van der Waals surface area contributed by atoms with Crippen LogP contribution in [0.1, 0.15) is 29.8 Å². The van der Waals surface area contributed by atoms with Crippen molar-refractivity contribution < 1.29 is 9.53 Å². The molecule has 5 heteroatoms. The summed E-state index contributed by atoms with van der Waals surface area (Å²) in [5, 5.41) is 2.87. The van der Waals surface area contributed by atoms with Gasteiger partial charge in [-0.1, -0.05) is 0 Å². The summed E-state index contributed by atoms with van der Waals surface area (Å²) in [5.74, 6) is -0.0516. The molecule has 1 saturated heterocycles. The maximum absolute atomic E-state index is 11.6. The zero-order chi connectivity index (χ0) is 13.5. The lowest BCUT2D eigenvalue weighted by Crippen LogP contribution is -2.34. The fourth-order valence-electron chi connectivity index (χ4n) is 2.24. The van der Waals surface area contributed by atoms with Gasteiger partial charge in [-0.2, -0.15) is 0 Å². The van der Waals surface area contributed by atoms with Gasteiger partial charge in [0, 0.05) is 32.4 Å². The molecule has 5 nitrogen and oxygen atoms in total. The number of likely N-dealkylation sites (tertiary alicyclic amines) is 1. The zero-order valence-electron chi connectivity index (χ0n) is 11.5. The van der Waals surface area contributed by atoms with E-state index < -0.39 is 0 Å². The van der Waals surface area contributed by atoms with Gasteiger partial charge in [0.15, 0.2) is 0 Å². The van der Waals surface area contributed by atoms with Gasteiger partial charge >= 0.3 is 0 Å². The number of hydrogen-bond donors (Lipinski definition) is 2. The molecule has 0 bridgehead atoms. The van der Waals surface area contributed by atoms with Crippen LogP contribution in [0.15, 0.2) is 18.3 Å². The fraction of sp³-hybridized carbons (Fsp3) is 0.643. The van der Waals surface area contributed by atoms with Crippen LogP contribution in [0.25, 0.3) is 0 Å². The minimum atomic E-state index is -0.0516. The minimum absolute atomic E-state index is 0.0516. The number of hydrogen-bond acceptors (Lipinski definition) is 3. The molecule has 1 aliphatic rings. The Hall–Kier alpha value is -1.33. The molecule has 106 valence electrons. The second-order valence-electron chi connectivity index (χ2n) is 5.07. The first-order chi connectivity index (χ1) is 9.25. The smallest absolute Gasteiger partial charge is 0.267 e. The average Bonchev–Trinajstić information content (AvgIpc) is 2.94. The quantitative estimate of drug-likeness (QED) is 0.761. The van der Waals surface area contributed by atoms with Gasteiger partial charge in [0.25, 0.3) is 5.91 Å². The first-order valence-corrected chi connectivity index (χ1v) is 6.97. The topological polar surface area (TPSA) is 57.4 Å². The molecule has 2 heterocycles. The van der Waals surface area contributed by atoms with Crippen molar-refractivity contribution in [2.75, 3.05) is 33.3 Å². The molecule has 1 aromatic heterocycles. The molecule has 1 fully saturated rings. The number of aromatic amines is 1. The van der Waals surface area contributed by atoms with E-state index in [4.69, 9.17) is 4.74 Å². The molecule has 2 N–H and O–H groups in total. The number of H-pyrrole nitrogens is 1. The lowest BCUT2D eigenvalue weighted by Gasteiger charge is -2.28. The maximum atomic E-state index is 11.6. The van der Waals surface area contributed by atoms with Crippen LogP contribution in [0, 0.1) is 0 Å². The van der Waals surface area contributed by atoms with Crippen molar-refractivity contribution in [1.82, 2.24) is 15.2 Å². The van der Waals surface area contributed by atoms with E-state index >= 15 is 0 Å². The number of ether oxygens (including phenoxy) is 1. The van der Waals surface area contributed by atoms with Crippen molar-refractivity contribution >= 4 is 5.91 Å². The van der Waals surface area contributed by atoms with Gasteiger partial charge in [-0.3, -0.25) is 4.79 Å². The van der Waals surface area contributed by atoms with Gasteiger partial charge in [0.1, 0.15) is 5.69 Å². The third kappa shape index (κ3) is 4.69. The van der Waals surface area contributed by atoms with E-state index in [9.17, 15) is 4.79 Å². The molecule has 1 aliphatic heterocycles. The van der Waals surface area contributed by atoms with Crippen LogP contribution >= 0.6 is 0 Å². The van der Waals surface area contributed by atoms with Crippen molar-refractivity contribution in [1.29, 1.82) is 0 Å². The molecule has 0 unspecified atom stereocenters. The maximum Gasteiger partial charge on any atom is 0.267 e. The highest BCUT2D eigenvalue weighted by atomic mass is 16.5. The summed E-state index contributed by atoms with van der Waals surface area (Å²) >= 11 is 0. The Morgan fingerprint density at radius 3 is 3.00 bits per heavy atom. The predicted octanol–water partition coefficient (Wildman–Crippen LogP) is 1.25. The van der Waals surface area contributed by atoms with Gasteiger partial charge in [0.05, 0.1) is 6.10 Å². The standard InChI is InChI=1S/C14H23N3O2/c1-17-9-5-12(6-10-17)19-11-3-8-16-14(18)13-4-2-7-15-13/h2,4,7,12,15H,3,5-6,8-11H2,1H3,(H,16,18). The Balaban J connectivity index is 1.51. The Morgan fingerprint density at radius 1 is 1.53 bits per heavy atom. The second-order valence-corrected chi connectivity index (χ2v) is 5.07. The fourth-order valence-corrected chi connectivity index (χ4v) is 2.24. The van der Waals surface area contributed by atoms with Crippen LogP contribution < -0.4 is 5.32 Å². The summed E-state index contributed by atoms with van der Waals surface area (Å²) in [5.41, 5.74) is 0.608. The summed E-state index contributed by atoms with van der Waals surface area (Å²) in [6.45, 7) is 3.62. The molecule has 0 aliphatic carbocycles. The normalized spacial score (nSPS) is 17.5. The van der Waals surface area contributed by atoms with E-state index in [0.29, 0.717) is 18.3 Å². The summed E-state index contributed by atoms with van der Waals surface area (Å²) in [6, 6.07) is 3.59. The van der Waals surface area contributed by atoms with Crippen LogP contribution in [0.3, 0.4) is 0 Å². The summed E-state index contributed by atoms with van der Waals surface area (Å²) in [6.07, 6.45) is 5.24. The molecule has 0 aromatic carbocycles. The molecule has 0 saturated carbocycles. The Kier molecular flexibility index (Phi) is 5.42. The Labute approximate surface area is 114 Å². The van der Waals surface area contributed by atoms with E-state index in [0.717, 1.165) is 39.0 Å². The molecule has 19 heavy (non-hydrogen) atoms. The molecule has 0 spiro atoms.